The first-order valence-corrected chi connectivity index (χ1v) is 14.9. The summed E-state index contributed by atoms with van der Waals surface area (Å²) >= 11 is 0. The third kappa shape index (κ3) is 15.2. The van der Waals surface area contributed by atoms with Gasteiger partial charge in [-0.15, -0.1) is 0 Å². The van der Waals surface area contributed by atoms with Crippen molar-refractivity contribution in [3.05, 3.63) is 72.0 Å². The maximum absolute atomic E-state index is 13.0. The van der Waals surface area contributed by atoms with Crippen LogP contribution in [0.25, 0.3) is 0 Å². The number of cyclic esters (lactones) is 1. The van der Waals surface area contributed by atoms with Crippen molar-refractivity contribution in [3.8, 4) is 0 Å². The summed E-state index contributed by atoms with van der Waals surface area (Å²) in [6.45, 7) is 16.9. The molecule has 1 rings (SSSR count). The molecule has 0 spiro atoms. The largest absolute Gasteiger partial charge is 0.458 e. The number of nitrogens with one attached hydrogen (secondary N) is 3. The number of esters is 1. The van der Waals surface area contributed by atoms with Gasteiger partial charge in [0.2, 0.25) is 11.8 Å². The minimum absolute atomic E-state index is 0.0343. The fraction of sp³-hybridized carbons (Fsp3) is 0.529. The van der Waals surface area contributed by atoms with Gasteiger partial charge in [-0.1, -0.05) is 81.9 Å². The molecule has 0 saturated carbocycles. The van der Waals surface area contributed by atoms with Crippen LogP contribution in [0.15, 0.2) is 72.0 Å². The zero-order chi connectivity index (χ0) is 32.6. The molecule has 0 aromatic rings. The molecule has 9 heteroatoms. The van der Waals surface area contributed by atoms with E-state index in [0.29, 0.717) is 24.8 Å². The molecule has 4 atom stereocenters. The van der Waals surface area contributed by atoms with Crippen molar-refractivity contribution < 1.29 is 28.7 Å². The van der Waals surface area contributed by atoms with E-state index in [-0.39, 0.29) is 36.0 Å². The van der Waals surface area contributed by atoms with Crippen molar-refractivity contribution in [2.24, 2.45) is 11.3 Å². The first-order chi connectivity index (χ1) is 20.1. The molecule has 0 radical (unpaired) electrons. The summed E-state index contributed by atoms with van der Waals surface area (Å²) in [6.07, 6.45) is 18.2. The average molecular weight is 598 g/mol. The molecule has 0 saturated heterocycles. The van der Waals surface area contributed by atoms with Crippen molar-refractivity contribution in [3.63, 3.8) is 0 Å². The minimum atomic E-state index is -0.788. The highest BCUT2D eigenvalue weighted by molar-refractivity contribution is 5.93. The van der Waals surface area contributed by atoms with Gasteiger partial charge in [-0.3, -0.25) is 9.59 Å². The molecular formula is C34H51N3O6. The maximum atomic E-state index is 13.0. The van der Waals surface area contributed by atoms with Crippen molar-refractivity contribution in [2.45, 2.75) is 106 Å². The quantitative estimate of drug-likeness (QED) is 0.0982. The zero-order valence-corrected chi connectivity index (χ0v) is 27.2. The molecule has 0 bridgehead atoms. The summed E-state index contributed by atoms with van der Waals surface area (Å²) in [7, 11) is 0. The monoisotopic (exact) mass is 597 g/mol. The second-order valence-electron chi connectivity index (χ2n) is 12.1. The van der Waals surface area contributed by atoms with Crippen LogP contribution < -0.4 is 16.0 Å². The van der Waals surface area contributed by atoms with Crippen LogP contribution in [0.1, 0.15) is 81.6 Å². The Morgan fingerprint density at radius 1 is 1.07 bits per heavy atom. The maximum Gasteiger partial charge on any atom is 0.407 e. The number of rotatable bonds is 14. The topological polar surface area (TPSA) is 123 Å². The molecule has 0 aromatic carbocycles. The number of hydrogen-bond donors (Lipinski definition) is 3. The molecule has 1 aliphatic heterocycles. The average Bonchev–Trinajstić information content (AvgIpc) is 2.90. The molecule has 0 aromatic heterocycles. The first kappa shape index (κ1) is 37.1. The van der Waals surface area contributed by atoms with Gasteiger partial charge >= 0.3 is 12.1 Å². The number of allylic oxidation sites excluding steroid dienone is 5. The van der Waals surface area contributed by atoms with E-state index in [1.807, 2.05) is 85.8 Å². The Labute approximate surface area is 257 Å². The molecule has 238 valence electrons. The van der Waals surface area contributed by atoms with E-state index < -0.39 is 23.5 Å². The Morgan fingerprint density at radius 3 is 2.33 bits per heavy atom. The fourth-order valence-corrected chi connectivity index (χ4v) is 4.12. The Balaban J connectivity index is 2.70. The highest BCUT2D eigenvalue weighted by Gasteiger charge is 2.32. The van der Waals surface area contributed by atoms with Gasteiger partial charge < -0.3 is 25.4 Å². The lowest BCUT2D eigenvalue weighted by Gasteiger charge is -2.29. The second-order valence-corrected chi connectivity index (χ2v) is 12.1. The summed E-state index contributed by atoms with van der Waals surface area (Å²) in [5.41, 5.74) is 1.06. The predicted octanol–water partition coefficient (Wildman–Crippen LogP) is 5.96. The summed E-state index contributed by atoms with van der Waals surface area (Å²) < 4.78 is 11.0. The summed E-state index contributed by atoms with van der Waals surface area (Å²) in [4.78, 5) is 49.4. The van der Waals surface area contributed by atoms with Gasteiger partial charge in [-0.2, -0.15) is 0 Å². The Bertz CT molecular complexity index is 1140. The molecule has 3 amide bonds. The molecule has 0 aliphatic carbocycles. The van der Waals surface area contributed by atoms with Crippen molar-refractivity contribution >= 4 is 23.9 Å². The molecular weight excluding hydrogens is 546 g/mol. The molecule has 1 heterocycles. The lowest BCUT2D eigenvalue weighted by Crippen LogP contribution is -2.52. The van der Waals surface area contributed by atoms with Crippen LogP contribution in [-0.2, 0) is 23.9 Å². The van der Waals surface area contributed by atoms with E-state index in [1.54, 1.807) is 25.2 Å². The zero-order valence-electron chi connectivity index (χ0n) is 27.2. The third-order valence-corrected chi connectivity index (χ3v) is 6.54. The highest BCUT2D eigenvalue weighted by Crippen LogP contribution is 2.22. The number of ether oxygens (including phenoxy) is 2. The van der Waals surface area contributed by atoms with Crippen molar-refractivity contribution in [1.82, 2.24) is 16.0 Å². The van der Waals surface area contributed by atoms with Crippen LogP contribution in [0.4, 0.5) is 4.79 Å². The normalized spacial score (nSPS) is 18.6. The van der Waals surface area contributed by atoms with E-state index in [2.05, 4.69) is 16.0 Å². The van der Waals surface area contributed by atoms with Crippen LogP contribution in [0, 0.1) is 11.3 Å². The molecule has 3 N–H and O–H groups in total. The van der Waals surface area contributed by atoms with Gasteiger partial charge in [0.05, 0.1) is 0 Å². The van der Waals surface area contributed by atoms with Gasteiger partial charge in [-0.25, -0.2) is 9.59 Å². The third-order valence-electron chi connectivity index (χ3n) is 6.54. The van der Waals surface area contributed by atoms with Gasteiger partial charge in [0, 0.05) is 42.9 Å². The minimum Gasteiger partial charge on any atom is -0.458 e. The Morgan fingerprint density at radius 2 is 1.72 bits per heavy atom. The lowest BCUT2D eigenvalue weighted by atomic mass is 9.86. The van der Waals surface area contributed by atoms with Gasteiger partial charge in [0.15, 0.2) is 0 Å². The smallest absolute Gasteiger partial charge is 0.407 e. The number of hydrogen-bond acceptors (Lipinski definition) is 6. The van der Waals surface area contributed by atoms with Crippen molar-refractivity contribution in [1.29, 1.82) is 0 Å². The fourth-order valence-electron chi connectivity index (χ4n) is 4.12. The number of amides is 3. The first-order valence-electron chi connectivity index (χ1n) is 14.9. The summed E-state index contributed by atoms with van der Waals surface area (Å²) in [6, 6.07) is -0.823. The molecule has 43 heavy (non-hydrogen) atoms. The van der Waals surface area contributed by atoms with Gasteiger partial charge in [-0.05, 0) is 46.2 Å². The highest BCUT2D eigenvalue weighted by atomic mass is 16.6. The van der Waals surface area contributed by atoms with Crippen LogP contribution >= 0.6 is 0 Å². The van der Waals surface area contributed by atoms with E-state index in [9.17, 15) is 19.2 Å². The Hall–Kier alpha value is -3.88. The van der Waals surface area contributed by atoms with Crippen LogP contribution in [0.5, 0.6) is 0 Å². The van der Waals surface area contributed by atoms with E-state index in [0.717, 1.165) is 5.57 Å². The molecule has 0 fully saturated rings. The standard InChI is InChI=1S/C34H51N3O6/c1-10-11-16-27(42-33(41)36-23(2)3)17-14-21-35-31(39)30(34(7,8)9)37-29(38)18-13-12-15-24(4)22-26(6)28-20-19-25(5)32(40)43-28/h10-15,18-19,21-23,26-28,30H,16-17,20H2,1-9H3,(H,35,39)(H,36,41)(H,37,38)/b11-10-,15-12-,18-13-,21-14-,24-22+. The number of carbonyl (C=O) groups is 4. The number of carbonyl (C=O) groups excluding carboxylic acids is 4. The molecule has 9 nitrogen and oxygen atoms in total. The van der Waals surface area contributed by atoms with Crippen LogP contribution in [0.3, 0.4) is 0 Å². The predicted molar refractivity (Wildman–Crippen MR) is 171 cm³/mol. The van der Waals surface area contributed by atoms with Crippen LogP contribution in [-0.4, -0.2) is 48.2 Å². The van der Waals surface area contributed by atoms with Crippen LogP contribution in [0.2, 0.25) is 0 Å². The van der Waals surface area contributed by atoms with E-state index >= 15 is 0 Å². The molecule has 4 unspecified atom stereocenters. The lowest BCUT2D eigenvalue weighted by molar-refractivity contribution is -0.147. The van der Waals surface area contributed by atoms with Crippen molar-refractivity contribution in [2.75, 3.05) is 0 Å². The van der Waals surface area contributed by atoms with E-state index in [1.165, 1.54) is 12.3 Å². The van der Waals surface area contributed by atoms with Gasteiger partial charge in [0.1, 0.15) is 18.2 Å². The second kappa shape index (κ2) is 18.6. The molecule has 1 aliphatic rings. The summed E-state index contributed by atoms with van der Waals surface area (Å²) in [5.74, 6) is -0.985. The Kier molecular flexibility index (Phi) is 16.1. The van der Waals surface area contributed by atoms with Gasteiger partial charge in [0.25, 0.3) is 0 Å². The summed E-state index contributed by atoms with van der Waals surface area (Å²) in [5, 5.41) is 8.23. The SMILES string of the molecule is C/C=C\CC(C/C=C\NC(=O)C(NC(=O)\C=C/C=C\C(C)=C\C(C)C1CC=C(C)C(=O)O1)C(C)(C)C)OC(=O)NC(C)C. The van der Waals surface area contributed by atoms with E-state index in [4.69, 9.17) is 9.47 Å². The number of alkyl carbamates (subject to hydrolysis) is 1.